The van der Waals surface area contributed by atoms with Crippen molar-refractivity contribution in [2.45, 2.75) is 34.1 Å². The summed E-state index contributed by atoms with van der Waals surface area (Å²) in [5.41, 5.74) is 0. The topological polar surface area (TPSA) is 0 Å². The molecule has 0 saturated heterocycles. The molecule has 0 atom stereocenters. The van der Waals surface area contributed by atoms with Crippen molar-refractivity contribution in [2.24, 2.45) is 0 Å². The summed E-state index contributed by atoms with van der Waals surface area (Å²) in [6.07, 6.45) is 0. The van der Waals surface area contributed by atoms with Gasteiger partial charge in [-0.25, -0.2) is 0 Å². The second kappa shape index (κ2) is 9.37. The van der Waals surface area contributed by atoms with Crippen molar-refractivity contribution < 1.29 is 26.3 Å². The van der Waals surface area contributed by atoms with Crippen LogP contribution in [-0.4, -0.2) is 35.7 Å². The summed E-state index contributed by atoms with van der Waals surface area (Å²) in [4.78, 5) is 0. The summed E-state index contributed by atoms with van der Waals surface area (Å²) in [6.45, 7) is 0. The molecule has 13 heavy (non-hydrogen) atoms. The van der Waals surface area contributed by atoms with Gasteiger partial charge in [-0.15, -0.1) is 0 Å². The molecule has 0 N–H and O–H groups in total. The van der Waals surface area contributed by atoms with Gasteiger partial charge in [-0.1, -0.05) is 22.3 Å². The average molecular weight is 337 g/mol. The van der Waals surface area contributed by atoms with Gasteiger partial charge in [0.25, 0.3) is 0 Å². The van der Waals surface area contributed by atoms with Crippen molar-refractivity contribution in [1.82, 2.24) is 0 Å². The fourth-order valence-electron chi connectivity index (χ4n) is 0.161. The smallest absolute Gasteiger partial charge is 0.167 e. The van der Waals surface area contributed by atoms with Gasteiger partial charge in [0, 0.05) is 23.9 Å². The first-order chi connectivity index (χ1) is 3.71. The van der Waals surface area contributed by atoms with Crippen molar-refractivity contribution in [3.05, 3.63) is 0 Å². The van der Waals surface area contributed by atoms with Crippen LogP contribution >= 0.6 is 8.58 Å². The number of hydrogen-bond acceptors (Lipinski definition) is 0. The largest absolute Gasteiger partial charge is 0.411 e. The quantitative estimate of drug-likeness (QED) is 0.353. The Morgan fingerprint density at radius 1 is 0.615 bits per heavy atom. The van der Waals surface area contributed by atoms with E-state index in [0.717, 1.165) is 0 Å². The van der Waals surface area contributed by atoms with E-state index >= 15 is 0 Å². The van der Waals surface area contributed by atoms with Crippen LogP contribution in [0.15, 0.2) is 0 Å². The molecule has 0 heterocycles. The molecule has 0 aliphatic heterocycles. The van der Waals surface area contributed by atoms with Gasteiger partial charge < -0.3 is 0 Å². The van der Waals surface area contributed by atoms with Crippen LogP contribution in [0.1, 0.15) is 22.3 Å². The minimum atomic E-state index is -5.11. The molecule has 0 saturated carbocycles. The molecular weight excluding hydrogens is 324 g/mol. The van der Waals surface area contributed by atoms with E-state index in [1.54, 1.807) is 0 Å². The minimum absolute atomic E-state index is 0. The van der Waals surface area contributed by atoms with Crippen LogP contribution < -0.4 is 0 Å². The van der Waals surface area contributed by atoms with Gasteiger partial charge >= 0.3 is 11.8 Å². The monoisotopic (exact) mass is 338 g/mol. The van der Waals surface area contributed by atoms with E-state index in [1.165, 1.54) is 0 Å². The van der Waals surface area contributed by atoms with E-state index in [9.17, 15) is 26.3 Å². The van der Waals surface area contributed by atoms with Crippen LogP contribution in [0.4, 0.5) is 26.3 Å². The first-order valence-corrected chi connectivity index (χ1v) is 2.63. The van der Waals surface area contributed by atoms with Gasteiger partial charge in [-0.2, -0.15) is 26.3 Å². The maximum atomic E-state index is 10.8. The molecule has 0 nitrogen and oxygen atoms in total. The maximum absolute atomic E-state index is 10.8. The standard InChI is InChI=1S/C2HF6P.3CH4.Sn/c3-1(4,5)9-2(6,7)8;;;;/h9H;3*1H4;. The van der Waals surface area contributed by atoms with Gasteiger partial charge in [0.05, 0.1) is 0 Å². The van der Waals surface area contributed by atoms with Crippen molar-refractivity contribution in [3.63, 3.8) is 0 Å². The molecule has 0 aromatic heterocycles. The summed E-state index contributed by atoms with van der Waals surface area (Å²) < 4.78 is 65.1. The molecule has 84 valence electrons. The zero-order valence-electron chi connectivity index (χ0n) is 4.27. The molecule has 0 aliphatic carbocycles. The van der Waals surface area contributed by atoms with Crippen LogP contribution in [0.2, 0.25) is 0 Å². The molecule has 0 unspecified atom stereocenters. The Labute approximate surface area is 93.2 Å². The Kier molecular flexibility index (Phi) is 21.0. The third-order valence-electron chi connectivity index (χ3n) is 0.283. The second-order valence-corrected chi connectivity index (χ2v) is 2.50. The summed E-state index contributed by atoms with van der Waals surface area (Å²) in [5, 5.41) is 0. The molecular formula is C5H13F6PSn. The van der Waals surface area contributed by atoms with E-state index < -0.39 is 20.4 Å². The fraction of sp³-hybridized carbons (Fsp3) is 1.00. The Morgan fingerprint density at radius 3 is 0.769 bits per heavy atom. The minimum Gasteiger partial charge on any atom is -0.167 e. The number of hydrogen-bond donors (Lipinski definition) is 0. The van der Waals surface area contributed by atoms with Crippen molar-refractivity contribution in [1.29, 1.82) is 0 Å². The predicted molar refractivity (Wildman–Crippen MR) is 46.4 cm³/mol. The Morgan fingerprint density at radius 2 is 0.769 bits per heavy atom. The van der Waals surface area contributed by atoms with Gasteiger partial charge in [0.2, 0.25) is 0 Å². The van der Waals surface area contributed by atoms with Gasteiger partial charge in [0.1, 0.15) is 8.58 Å². The van der Waals surface area contributed by atoms with Gasteiger partial charge in [0.15, 0.2) is 0 Å². The molecule has 0 bridgehead atoms. The van der Waals surface area contributed by atoms with Gasteiger partial charge in [-0.05, 0) is 0 Å². The van der Waals surface area contributed by atoms with Crippen LogP contribution in [0.25, 0.3) is 0 Å². The Bertz CT molecular complexity index is 86.2. The first-order valence-electron chi connectivity index (χ1n) is 1.63. The molecule has 8 heteroatoms. The molecule has 0 aromatic rings. The van der Waals surface area contributed by atoms with Crippen molar-refractivity contribution >= 4 is 32.5 Å². The normalized spacial score (nSPS) is 9.69. The number of halogens is 6. The average Bonchev–Trinajstić information content (AvgIpc) is 1.14. The molecule has 0 fully saturated rings. The summed E-state index contributed by atoms with van der Waals surface area (Å²) in [5.74, 6) is -10.2. The summed E-state index contributed by atoms with van der Waals surface area (Å²) in [7, 11) is -2.95. The molecule has 0 spiro atoms. The van der Waals surface area contributed by atoms with Crippen molar-refractivity contribution in [2.75, 3.05) is 0 Å². The third kappa shape index (κ3) is 32.3. The van der Waals surface area contributed by atoms with E-state index in [4.69, 9.17) is 0 Å². The molecule has 0 aliphatic rings. The third-order valence-corrected chi connectivity index (χ3v) is 0.850. The summed E-state index contributed by atoms with van der Waals surface area (Å²) in [6, 6.07) is 0. The SMILES string of the molecule is C.C.C.FC(F)(F)PC(F)(F)F.[Sn]. The zero-order chi connectivity index (χ0) is 7.71. The summed E-state index contributed by atoms with van der Waals surface area (Å²) >= 11 is 0. The Hall–Kier alpha value is 0.809. The Balaban J connectivity index is -0.0000000533. The van der Waals surface area contributed by atoms with E-state index in [-0.39, 0.29) is 46.2 Å². The van der Waals surface area contributed by atoms with E-state index in [2.05, 4.69) is 0 Å². The van der Waals surface area contributed by atoms with Crippen molar-refractivity contribution in [3.8, 4) is 0 Å². The predicted octanol–water partition coefficient (Wildman–Crippen LogP) is 4.23. The van der Waals surface area contributed by atoms with Crippen LogP contribution in [-0.2, 0) is 0 Å². The van der Waals surface area contributed by atoms with E-state index in [0.29, 0.717) is 0 Å². The molecule has 4 radical (unpaired) electrons. The molecule has 0 aromatic carbocycles. The van der Waals surface area contributed by atoms with E-state index in [1.807, 2.05) is 0 Å². The molecule has 0 rings (SSSR count). The first kappa shape index (κ1) is 29.2. The zero-order valence-corrected chi connectivity index (χ0v) is 8.12. The number of alkyl halides is 6. The molecule has 0 amide bonds. The van der Waals surface area contributed by atoms with Gasteiger partial charge in [-0.3, -0.25) is 0 Å². The fourth-order valence-corrected chi connectivity index (χ4v) is 0.482. The second-order valence-electron chi connectivity index (χ2n) is 1.12. The van der Waals surface area contributed by atoms with Crippen LogP contribution in [0, 0.1) is 0 Å². The number of rotatable bonds is 0. The van der Waals surface area contributed by atoms with Crippen LogP contribution in [0.3, 0.4) is 0 Å². The maximum Gasteiger partial charge on any atom is 0.411 e. The van der Waals surface area contributed by atoms with Crippen LogP contribution in [0.5, 0.6) is 0 Å².